The number of hydrogen-bond donors (Lipinski definition) is 1. The predicted octanol–water partition coefficient (Wildman–Crippen LogP) is 1.49. The number of rotatable bonds is 3. The van der Waals surface area contributed by atoms with E-state index < -0.39 is 6.80 Å². The maximum Gasteiger partial charge on any atom is 0.386 e. The Balaban J connectivity index is 3.55. The Hall–Kier alpha value is 0.500. The summed E-state index contributed by atoms with van der Waals surface area (Å²) in [6.45, 7) is -1.46. The predicted molar refractivity (Wildman–Crippen MR) is 35.0 cm³/mol. The van der Waals surface area contributed by atoms with Gasteiger partial charge in [-0.25, -0.2) is 4.57 Å². The monoisotopic (exact) mass is 156 g/mol. The van der Waals surface area contributed by atoms with Gasteiger partial charge in [0, 0.05) is 12.9 Å². The molecule has 0 amide bonds. The van der Waals surface area contributed by atoms with Crippen LogP contribution in [0.15, 0.2) is 0 Å². The molecule has 0 aliphatic rings. The third-order valence-corrected chi connectivity index (χ3v) is 3.77. The van der Waals surface area contributed by atoms with Crippen molar-refractivity contribution in [2.45, 2.75) is 6.92 Å². The zero-order chi connectivity index (χ0) is 6.62. The maximum atomic E-state index is 10.5. The summed E-state index contributed by atoms with van der Waals surface area (Å²) < 4.78 is 14.7. The topological polar surface area (TPSA) is 46.5 Å². The summed E-state index contributed by atoms with van der Waals surface area (Å²) in [6.07, 6.45) is 0. The van der Waals surface area contributed by atoms with Crippen molar-refractivity contribution in [2.75, 3.05) is 12.9 Å². The van der Waals surface area contributed by atoms with E-state index in [0.717, 1.165) is 11.4 Å². The van der Waals surface area contributed by atoms with E-state index in [-0.39, 0.29) is 0 Å². The molecule has 0 heterocycles. The minimum atomic E-state index is -3.26. The molecule has 0 fully saturated rings. The second kappa shape index (κ2) is 3.51. The molecule has 8 heavy (non-hydrogen) atoms. The Kier molecular flexibility index (Phi) is 3.73. The Morgan fingerprint density at radius 2 is 2.38 bits per heavy atom. The average Bonchev–Trinajstić information content (AvgIpc) is 1.67. The Labute approximate surface area is 52.7 Å². The van der Waals surface area contributed by atoms with Crippen molar-refractivity contribution in [3.05, 3.63) is 0 Å². The van der Waals surface area contributed by atoms with Crippen molar-refractivity contribution in [2.24, 2.45) is 0 Å². The molecule has 1 atom stereocenters. The molecular weight excluding hydrogens is 147 g/mol. The Morgan fingerprint density at radius 1 is 1.88 bits per heavy atom. The molecular formula is C3H9O3PS. The van der Waals surface area contributed by atoms with Crippen LogP contribution in [0.2, 0.25) is 0 Å². The van der Waals surface area contributed by atoms with Crippen molar-refractivity contribution in [3.63, 3.8) is 0 Å². The fraction of sp³-hybridized carbons (Fsp3) is 1.00. The lowest BCUT2D eigenvalue weighted by molar-refractivity contribution is 0.336. The van der Waals surface area contributed by atoms with E-state index in [0.29, 0.717) is 5.75 Å². The maximum absolute atomic E-state index is 10.5. The van der Waals surface area contributed by atoms with Gasteiger partial charge in [-0.3, -0.25) is 0 Å². The van der Waals surface area contributed by atoms with E-state index in [9.17, 15) is 4.57 Å². The summed E-state index contributed by atoms with van der Waals surface area (Å²) in [6, 6.07) is 0. The molecule has 0 aromatic heterocycles. The molecule has 50 valence electrons. The van der Waals surface area contributed by atoms with Crippen molar-refractivity contribution in [3.8, 4) is 0 Å². The van der Waals surface area contributed by atoms with Crippen LogP contribution in [-0.4, -0.2) is 17.8 Å². The van der Waals surface area contributed by atoms with E-state index in [1.807, 2.05) is 0 Å². The van der Waals surface area contributed by atoms with Gasteiger partial charge in [-0.1, -0.05) is 6.92 Å². The molecule has 5 heteroatoms. The SMILES string of the molecule is CCSP(=O)(O)OC. The first-order valence-corrected chi connectivity index (χ1v) is 5.32. The lowest BCUT2D eigenvalue weighted by Crippen LogP contribution is -1.76. The first kappa shape index (κ1) is 8.50. The quantitative estimate of drug-likeness (QED) is 0.629. The van der Waals surface area contributed by atoms with E-state index in [1.165, 1.54) is 7.11 Å². The van der Waals surface area contributed by atoms with Gasteiger partial charge in [0.15, 0.2) is 0 Å². The van der Waals surface area contributed by atoms with Crippen molar-refractivity contribution in [1.82, 2.24) is 0 Å². The molecule has 1 N–H and O–H groups in total. The van der Waals surface area contributed by atoms with Crippen LogP contribution in [0.1, 0.15) is 6.92 Å². The van der Waals surface area contributed by atoms with Gasteiger partial charge in [-0.15, -0.1) is 0 Å². The normalized spacial score (nSPS) is 17.9. The molecule has 0 aliphatic carbocycles. The minimum Gasteiger partial charge on any atom is -0.316 e. The van der Waals surface area contributed by atoms with Crippen LogP contribution in [0.5, 0.6) is 0 Å². The highest BCUT2D eigenvalue weighted by atomic mass is 32.7. The lowest BCUT2D eigenvalue weighted by atomic mass is 11.0. The van der Waals surface area contributed by atoms with Gasteiger partial charge in [0.25, 0.3) is 0 Å². The molecule has 0 aromatic carbocycles. The molecule has 0 aromatic rings. The van der Waals surface area contributed by atoms with Crippen LogP contribution in [-0.2, 0) is 9.09 Å². The van der Waals surface area contributed by atoms with E-state index in [1.54, 1.807) is 6.92 Å². The van der Waals surface area contributed by atoms with E-state index in [4.69, 9.17) is 4.89 Å². The highest BCUT2D eigenvalue weighted by molar-refractivity contribution is 8.54. The van der Waals surface area contributed by atoms with Crippen LogP contribution in [0.25, 0.3) is 0 Å². The summed E-state index contributed by atoms with van der Waals surface area (Å²) >= 11 is 0.922. The first-order valence-electron chi connectivity index (χ1n) is 2.15. The molecule has 0 spiro atoms. The Bertz CT molecular complexity index is 105. The third-order valence-electron chi connectivity index (χ3n) is 0.523. The lowest BCUT2D eigenvalue weighted by Gasteiger charge is -2.03. The summed E-state index contributed by atoms with van der Waals surface area (Å²) in [5.74, 6) is 0.599. The van der Waals surface area contributed by atoms with Gasteiger partial charge in [0.1, 0.15) is 0 Å². The van der Waals surface area contributed by atoms with Crippen LogP contribution >= 0.6 is 18.2 Å². The summed E-state index contributed by atoms with van der Waals surface area (Å²) in [5.41, 5.74) is 0. The zero-order valence-corrected chi connectivity index (χ0v) is 6.54. The van der Waals surface area contributed by atoms with Gasteiger partial charge in [0.05, 0.1) is 0 Å². The van der Waals surface area contributed by atoms with Gasteiger partial charge in [0.2, 0.25) is 0 Å². The highest BCUT2D eigenvalue weighted by Gasteiger charge is 2.14. The van der Waals surface area contributed by atoms with Crippen LogP contribution in [0.4, 0.5) is 0 Å². The van der Waals surface area contributed by atoms with Crippen molar-refractivity contribution >= 4 is 18.2 Å². The second-order valence-corrected chi connectivity index (χ2v) is 5.37. The minimum absolute atomic E-state index is 0.599. The smallest absolute Gasteiger partial charge is 0.316 e. The summed E-state index contributed by atoms with van der Waals surface area (Å²) in [4.78, 5) is 8.62. The fourth-order valence-electron chi connectivity index (χ4n) is 0.216. The van der Waals surface area contributed by atoms with Crippen LogP contribution in [0, 0.1) is 0 Å². The molecule has 3 nitrogen and oxygen atoms in total. The number of hydrogen-bond acceptors (Lipinski definition) is 3. The summed E-state index contributed by atoms with van der Waals surface area (Å²) in [5, 5.41) is 0. The van der Waals surface area contributed by atoms with Gasteiger partial charge < -0.3 is 9.42 Å². The van der Waals surface area contributed by atoms with Crippen LogP contribution in [0.3, 0.4) is 0 Å². The second-order valence-electron chi connectivity index (χ2n) is 1.07. The van der Waals surface area contributed by atoms with Crippen molar-refractivity contribution < 1.29 is 14.0 Å². The Morgan fingerprint density at radius 3 is 2.50 bits per heavy atom. The molecule has 0 radical (unpaired) electrons. The van der Waals surface area contributed by atoms with Gasteiger partial charge >= 0.3 is 6.80 Å². The largest absolute Gasteiger partial charge is 0.386 e. The first-order chi connectivity index (χ1) is 3.62. The van der Waals surface area contributed by atoms with E-state index >= 15 is 0 Å². The van der Waals surface area contributed by atoms with Gasteiger partial charge in [-0.05, 0) is 11.4 Å². The van der Waals surface area contributed by atoms with Crippen molar-refractivity contribution in [1.29, 1.82) is 0 Å². The van der Waals surface area contributed by atoms with Gasteiger partial charge in [-0.2, -0.15) is 0 Å². The standard InChI is InChI=1S/C3H9O3PS/c1-3-8-7(4,5)6-2/h3H2,1-2H3,(H,4,5). The third kappa shape index (κ3) is 3.50. The molecule has 1 unspecified atom stereocenters. The average molecular weight is 156 g/mol. The molecule has 0 saturated carbocycles. The molecule has 0 saturated heterocycles. The van der Waals surface area contributed by atoms with Crippen LogP contribution < -0.4 is 0 Å². The molecule has 0 rings (SSSR count). The fourth-order valence-corrected chi connectivity index (χ4v) is 1.94. The zero-order valence-electron chi connectivity index (χ0n) is 4.83. The molecule has 0 bridgehead atoms. The molecule has 0 aliphatic heterocycles. The van der Waals surface area contributed by atoms with E-state index in [2.05, 4.69) is 4.52 Å². The summed E-state index contributed by atoms with van der Waals surface area (Å²) in [7, 11) is 1.23. The highest BCUT2D eigenvalue weighted by Crippen LogP contribution is 2.54.